The first-order valence-corrected chi connectivity index (χ1v) is 45.8. The van der Waals surface area contributed by atoms with E-state index in [0.29, 0.717) is 5.69 Å². The van der Waals surface area contributed by atoms with Crippen LogP contribution in [0.15, 0.2) is 127 Å². The molecule has 4 aliphatic rings. The predicted octanol–water partition coefficient (Wildman–Crippen LogP) is 20.4. The average molecular weight is 1800 g/mol. The zero-order chi connectivity index (χ0) is 94.9. The lowest BCUT2D eigenvalue weighted by atomic mass is 9.78. The van der Waals surface area contributed by atoms with E-state index in [1.54, 1.807) is 13.0 Å². The molecule has 0 aliphatic carbocycles. The fourth-order valence-electron chi connectivity index (χ4n) is 16.2. The van der Waals surface area contributed by atoms with Crippen molar-refractivity contribution in [1.29, 1.82) is 0 Å². The number of aromatic amines is 2. The van der Waals surface area contributed by atoms with Crippen molar-refractivity contribution in [3.8, 4) is 50.3 Å². The van der Waals surface area contributed by atoms with Crippen LogP contribution in [0.4, 0.5) is 0 Å². The van der Waals surface area contributed by atoms with Gasteiger partial charge in [0.05, 0.1) is 147 Å². The Morgan fingerprint density at radius 1 is 0.303 bits per heavy atom. The Balaban J connectivity index is 0.638. The third-order valence-corrected chi connectivity index (χ3v) is 23.8. The quantitative estimate of drug-likeness (QED) is 0.0121. The zero-order valence-corrected chi connectivity index (χ0v) is 79.9. The van der Waals surface area contributed by atoms with Crippen LogP contribution in [-0.2, 0) is 94.3 Å². The number of nitrogens with zero attached hydrogens (tertiary/aromatic N) is 4. The molecule has 7 heterocycles. The molecule has 0 fully saturated rings. The molecule has 24 heteroatoms. The number of benzene rings is 6. The Hall–Kier alpha value is -11.9. The van der Waals surface area contributed by atoms with E-state index in [4.69, 9.17) is 57.3 Å². The van der Waals surface area contributed by atoms with E-state index in [1.807, 2.05) is 18.2 Å². The van der Waals surface area contributed by atoms with Crippen LogP contribution in [0.3, 0.4) is 0 Å². The summed E-state index contributed by atoms with van der Waals surface area (Å²) in [5.41, 5.74) is 20.6. The molecule has 2 N–H and O–H groups in total. The van der Waals surface area contributed by atoms with Crippen LogP contribution in [0, 0.1) is 0 Å². The monoisotopic (exact) mass is 1790 g/mol. The molecule has 0 spiro atoms. The summed E-state index contributed by atoms with van der Waals surface area (Å²) in [5.74, 6) is -4.27. The van der Waals surface area contributed by atoms with Crippen molar-refractivity contribution >= 4 is 105 Å². The highest BCUT2D eigenvalue weighted by Gasteiger charge is 2.40. The van der Waals surface area contributed by atoms with Gasteiger partial charge in [-0.15, -0.1) is 0 Å². The largest absolute Gasteiger partial charge is 0.466 e. The first-order chi connectivity index (χ1) is 62.5. The number of aromatic nitrogens is 4. The average Bonchev–Trinajstić information content (AvgIpc) is 0.811. The molecule has 0 saturated carbocycles. The Morgan fingerprint density at radius 2 is 0.568 bits per heavy atom. The summed E-state index contributed by atoms with van der Waals surface area (Å²) in [6, 6.07) is 43.1. The number of amides is 4. The van der Waals surface area contributed by atoms with Gasteiger partial charge in [-0.25, -0.2) is 9.97 Å². The fourth-order valence-corrected chi connectivity index (χ4v) is 16.2. The van der Waals surface area contributed by atoms with E-state index < -0.39 is 47.5 Å². The van der Waals surface area contributed by atoms with Crippen molar-refractivity contribution in [3.63, 3.8) is 0 Å². The van der Waals surface area contributed by atoms with Crippen molar-refractivity contribution in [3.05, 3.63) is 206 Å². The Bertz CT molecular complexity index is 5900. The second-order valence-electron chi connectivity index (χ2n) is 39.9. The number of hydrogen-bond acceptors (Lipinski definition) is 20. The van der Waals surface area contributed by atoms with Crippen molar-refractivity contribution in [2.24, 2.45) is 0 Å². The van der Waals surface area contributed by atoms with Gasteiger partial charge in [-0.2, -0.15) is 0 Å². The first-order valence-electron chi connectivity index (χ1n) is 45.8. The van der Waals surface area contributed by atoms with E-state index in [1.165, 1.54) is 57.6 Å². The van der Waals surface area contributed by atoms with Gasteiger partial charge in [0, 0.05) is 77.3 Å². The van der Waals surface area contributed by atoms with Gasteiger partial charge < -0.3 is 57.3 Å². The molecule has 9 aromatic rings. The van der Waals surface area contributed by atoms with Gasteiger partial charge >= 0.3 is 23.9 Å². The number of H-pyrrole nitrogens is 2. The zero-order valence-electron chi connectivity index (χ0n) is 79.9. The molecule has 0 atom stereocenters. The molecule has 4 aliphatic heterocycles. The number of fused-ring (bicyclic) bond motifs is 8. The highest BCUT2D eigenvalue weighted by atomic mass is 16.6. The number of hydrogen-bond donors (Lipinski definition) is 2. The molecule has 0 saturated heterocycles. The molecular weight excluding hydrogens is 1670 g/mol. The summed E-state index contributed by atoms with van der Waals surface area (Å²) in [6.07, 6.45) is 7.90. The minimum Gasteiger partial charge on any atom is -0.466 e. The first kappa shape index (κ1) is 97.6. The van der Waals surface area contributed by atoms with Crippen LogP contribution in [0.25, 0.3) is 102 Å². The molecule has 132 heavy (non-hydrogen) atoms. The lowest BCUT2D eigenvalue weighted by molar-refractivity contribution is -0.151. The molecule has 6 aromatic carbocycles. The van der Waals surface area contributed by atoms with E-state index in [0.717, 1.165) is 93.5 Å². The van der Waals surface area contributed by atoms with Crippen LogP contribution >= 0.6 is 0 Å². The number of carbonyl (C=O) groups excluding carboxylic acids is 8. The molecule has 4 amide bonds. The molecule has 24 nitrogen and oxygen atoms in total. The van der Waals surface area contributed by atoms with E-state index in [9.17, 15) is 38.4 Å². The molecular formula is C108H126N6O18. The van der Waals surface area contributed by atoms with Crippen LogP contribution in [0.1, 0.15) is 255 Å². The summed E-state index contributed by atoms with van der Waals surface area (Å²) >= 11 is 0. The van der Waals surface area contributed by atoms with Gasteiger partial charge in [-0.05, 0) is 180 Å². The SMILES string of the molecule is CCOC(=O)CCC(=O)OCCOCCOCCOCCN1C(=O)c2ccc3c4c(ccc(c24)C1=O)C(=O)N(CCOCCOCCOCCOC(=O)CCC(=O)Oc1cccc(-c2c4nc(c(-c5cc(C(C)(C)C)cc(C(C)(C)C)c5)c5ccc([nH]5)c(-c5cc(C(C)(C)C)cc(C(C)(C)C)c5)c5nc(c(-c6cc(C(C)(C)C)cc(C(C)(C)C)c6)c6ccc2[nH]6)C=C5)C=C4)c1)C3=O. The normalized spacial score (nSPS) is 13.6. The van der Waals surface area contributed by atoms with Gasteiger partial charge in [0.15, 0.2) is 0 Å². The summed E-state index contributed by atoms with van der Waals surface area (Å²) in [5, 5.41) is 0.498. The number of nitrogens with one attached hydrogen (secondary N) is 2. The maximum absolute atomic E-state index is 13.9. The van der Waals surface area contributed by atoms with Gasteiger partial charge in [-0.3, -0.25) is 48.2 Å². The second-order valence-corrected chi connectivity index (χ2v) is 39.9. The minimum atomic E-state index is -0.625. The smallest absolute Gasteiger partial charge is 0.311 e. The molecule has 0 unspecified atom stereocenters. The molecule has 13 rings (SSSR count). The number of ether oxygens (including phenoxy) is 10. The Morgan fingerprint density at radius 3 is 0.856 bits per heavy atom. The Labute approximate surface area is 773 Å². The topological polar surface area (TPSA) is 293 Å². The van der Waals surface area contributed by atoms with E-state index in [2.05, 4.69) is 238 Å². The minimum absolute atomic E-state index is 0.00594. The summed E-state index contributed by atoms with van der Waals surface area (Å²) in [7, 11) is 0. The maximum Gasteiger partial charge on any atom is 0.311 e. The van der Waals surface area contributed by atoms with Crippen LogP contribution in [0.5, 0.6) is 5.75 Å². The lowest BCUT2D eigenvalue weighted by Gasteiger charge is -2.31. The van der Waals surface area contributed by atoms with Gasteiger partial charge in [0.1, 0.15) is 19.0 Å². The van der Waals surface area contributed by atoms with Gasteiger partial charge in [0.25, 0.3) is 23.6 Å². The van der Waals surface area contributed by atoms with Crippen LogP contribution < -0.4 is 4.74 Å². The van der Waals surface area contributed by atoms with Gasteiger partial charge in [-0.1, -0.05) is 191 Å². The van der Waals surface area contributed by atoms with E-state index in [-0.39, 0.29) is 209 Å². The molecule has 8 bridgehead atoms. The van der Waals surface area contributed by atoms with Crippen LogP contribution in [0.2, 0.25) is 0 Å². The maximum atomic E-state index is 13.9. The number of rotatable bonds is 36. The van der Waals surface area contributed by atoms with Crippen molar-refractivity contribution < 1.29 is 85.7 Å². The van der Waals surface area contributed by atoms with E-state index >= 15 is 0 Å². The lowest BCUT2D eigenvalue weighted by Crippen LogP contribution is -2.45. The van der Waals surface area contributed by atoms with Crippen molar-refractivity contribution in [1.82, 2.24) is 29.7 Å². The number of esters is 4. The van der Waals surface area contributed by atoms with Gasteiger partial charge in [0.2, 0.25) is 0 Å². The number of carbonyl (C=O) groups is 8. The molecule has 3 aromatic heterocycles. The summed E-state index contributed by atoms with van der Waals surface area (Å²) < 4.78 is 55.1. The predicted molar refractivity (Wildman–Crippen MR) is 515 cm³/mol. The third kappa shape index (κ3) is 23.4. The second kappa shape index (κ2) is 41.1. The van der Waals surface area contributed by atoms with Crippen LogP contribution in [-0.4, -0.2) is 189 Å². The summed E-state index contributed by atoms with van der Waals surface area (Å²) in [4.78, 5) is 127. The molecule has 0 radical (unpaired) electrons. The van der Waals surface area contributed by atoms with Crippen molar-refractivity contribution in [2.45, 2.75) is 190 Å². The fraction of sp³-hybridized carbons (Fsp3) is 0.426. The third-order valence-electron chi connectivity index (χ3n) is 23.8. The highest BCUT2D eigenvalue weighted by molar-refractivity contribution is 6.33. The Kier molecular flexibility index (Phi) is 30.4. The standard InChI is InChI=1S/C108H126N6O18/c1-20-129-89(115)36-37-90(116)130-54-52-127-50-48-125-46-44-123-42-40-113-99(119)77-24-26-79-98-80(27-25-78(97(77)98)100(113)120)102(122)114(101(79)121)41-43-124-45-47-126-49-51-128-53-55-131-91(117)38-39-92(118)132-76-23-21-22-66(62-76)93-81-28-30-83(109-81)94(67-56-70(103(2,3)4)63-71(57-67)104(5,6)7)85-32-34-87(111-85)96(69-60-74(107(14,15)16)65-75(61-69)108(17,18)19)88-35-33-86(112-88)95(84-31-29-82(93)110-84)68-58-72(105(8,9)10)64-73(59-68)106(11,12)13/h21-35,56-65,109,112H,20,36-55H2,1-19H3. The molecule has 696 valence electrons. The highest BCUT2D eigenvalue weighted by Crippen LogP contribution is 2.46. The summed E-state index contributed by atoms with van der Waals surface area (Å²) in [6.45, 7) is 44.3. The van der Waals surface area contributed by atoms with Crippen molar-refractivity contribution in [2.75, 3.05) is 112 Å². The number of imide groups is 2.